The van der Waals surface area contributed by atoms with E-state index < -0.39 is 23.9 Å². The highest BCUT2D eigenvalue weighted by Gasteiger charge is 2.37. The first-order chi connectivity index (χ1) is 20.9. The van der Waals surface area contributed by atoms with E-state index in [2.05, 4.69) is 15.6 Å². The lowest BCUT2D eigenvalue weighted by molar-refractivity contribution is -0.132. The Bertz CT molecular complexity index is 1630. The van der Waals surface area contributed by atoms with Gasteiger partial charge in [0.25, 0.3) is 5.91 Å². The number of amides is 4. The molecule has 4 aliphatic rings. The molecule has 10 heteroatoms. The number of benzodiazepines with no additional fused rings is 1. The predicted molar refractivity (Wildman–Crippen MR) is 160 cm³/mol. The summed E-state index contributed by atoms with van der Waals surface area (Å²) in [6.07, 6.45) is 2.97. The minimum absolute atomic E-state index is 0.161. The standard InChI is InChI=1S/C33H31FN6O3/c34-27-10-3-1-8-25(27)30-26-9-2-4-11-28(26)40(20-29(41)39-18-21-12-13-22(19-39)15-14-21)32(42)31(37-30)38-33(43)36-24-7-5-6-23(16-24)17-35/h1-11,16,21-22,31H,12-15,18-20H2,(H2,36,38,43)/t21?,22?,31-/m0/s1. The molecular weight excluding hydrogens is 547 g/mol. The number of halogens is 1. The van der Waals surface area contributed by atoms with Crippen molar-refractivity contribution >= 4 is 34.9 Å². The van der Waals surface area contributed by atoms with Crippen LogP contribution in [0.25, 0.3) is 0 Å². The predicted octanol–water partition coefficient (Wildman–Crippen LogP) is 4.68. The SMILES string of the molecule is N#Cc1cccc(NC(=O)N[C@@H]2N=C(c3ccccc3F)c3ccccc3N(CC(=O)N3CC4CCC(CC4)C3)C2=O)c1. The zero-order valence-electron chi connectivity index (χ0n) is 23.5. The number of nitrogens with zero attached hydrogens (tertiary/aromatic N) is 4. The van der Waals surface area contributed by atoms with Gasteiger partial charge in [0.2, 0.25) is 12.1 Å². The lowest BCUT2D eigenvalue weighted by atomic mass is 9.84. The Labute approximate surface area is 249 Å². The molecule has 218 valence electrons. The maximum Gasteiger partial charge on any atom is 0.321 e. The van der Waals surface area contributed by atoms with E-state index in [1.165, 1.54) is 17.0 Å². The number of carbonyl (C=O) groups is 3. The Morgan fingerprint density at radius 2 is 1.60 bits per heavy atom. The minimum atomic E-state index is -1.46. The quantitative estimate of drug-likeness (QED) is 0.457. The molecule has 2 saturated heterocycles. The molecule has 0 spiro atoms. The minimum Gasteiger partial charge on any atom is -0.341 e. The summed E-state index contributed by atoms with van der Waals surface area (Å²) < 4.78 is 15.1. The molecule has 1 aliphatic carbocycles. The number of rotatable bonds is 5. The number of urea groups is 1. The van der Waals surface area contributed by atoms with Crippen LogP contribution < -0.4 is 15.5 Å². The summed E-state index contributed by atoms with van der Waals surface area (Å²) in [6, 6.07) is 20.6. The lowest BCUT2D eigenvalue weighted by Crippen LogP contribution is -2.51. The summed E-state index contributed by atoms with van der Waals surface area (Å²) in [6.45, 7) is 1.10. The second-order valence-corrected chi connectivity index (χ2v) is 11.3. The summed E-state index contributed by atoms with van der Waals surface area (Å²) in [4.78, 5) is 48.8. The first kappa shape index (κ1) is 28.1. The molecule has 0 unspecified atom stereocenters. The summed E-state index contributed by atoms with van der Waals surface area (Å²) in [5.41, 5.74) is 1.92. The first-order valence-electron chi connectivity index (χ1n) is 14.5. The third-order valence-corrected chi connectivity index (χ3v) is 8.42. The summed E-state index contributed by atoms with van der Waals surface area (Å²) in [7, 11) is 0. The summed E-state index contributed by atoms with van der Waals surface area (Å²) >= 11 is 0. The largest absolute Gasteiger partial charge is 0.341 e. The van der Waals surface area contributed by atoms with Crippen molar-refractivity contribution in [2.45, 2.75) is 31.8 Å². The average Bonchev–Trinajstić information content (AvgIpc) is 3.40. The molecule has 9 nitrogen and oxygen atoms in total. The van der Waals surface area contributed by atoms with Gasteiger partial charge < -0.3 is 15.5 Å². The van der Waals surface area contributed by atoms with Crippen molar-refractivity contribution in [1.29, 1.82) is 5.26 Å². The van der Waals surface area contributed by atoms with Crippen molar-refractivity contribution in [2.75, 3.05) is 29.9 Å². The van der Waals surface area contributed by atoms with Crippen LogP contribution >= 0.6 is 0 Å². The molecule has 7 rings (SSSR count). The number of benzene rings is 3. The molecule has 43 heavy (non-hydrogen) atoms. The molecule has 2 bridgehead atoms. The molecule has 3 aliphatic heterocycles. The van der Waals surface area contributed by atoms with Crippen molar-refractivity contribution in [3.05, 3.63) is 95.3 Å². The normalized spacial score (nSPS) is 21.2. The van der Waals surface area contributed by atoms with Crippen molar-refractivity contribution in [1.82, 2.24) is 10.2 Å². The third-order valence-electron chi connectivity index (χ3n) is 8.42. The molecule has 2 N–H and O–H groups in total. The Morgan fingerprint density at radius 3 is 2.30 bits per heavy atom. The van der Waals surface area contributed by atoms with Gasteiger partial charge in [-0.05, 0) is 73.9 Å². The van der Waals surface area contributed by atoms with Gasteiger partial charge in [0.1, 0.15) is 12.4 Å². The van der Waals surface area contributed by atoms with E-state index in [0.717, 1.165) is 25.7 Å². The van der Waals surface area contributed by atoms with Crippen LogP contribution in [0.3, 0.4) is 0 Å². The number of aliphatic imine (C=N–C) groups is 1. The monoisotopic (exact) mass is 578 g/mol. The topological polar surface area (TPSA) is 118 Å². The van der Waals surface area contributed by atoms with Gasteiger partial charge in [-0.2, -0.15) is 5.26 Å². The van der Waals surface area contributed by atoms with Crippen LogP contribution in [0.4, 0.5) is 20.6 Å². The molecule has 3 aromatic rings. The average molecular weight is 579 g/mol. The van der Waals surface area contributed by atoms with E-state index in [1.54, 1.807) is 60.7 Å². The van der Waals surface area contributed by atoms with Gasteiger partial charge in [-0.3, -0.25) is 14.5 Å². The van der Waals surface area contributed by atoms with E-state index in [4.69, 9.17) is 0 Å². The van der Waals surface area contributed by atoms with Gasteiger partial charge in [-0.25, -0.2) is 14.2 Å². The number of hydrogen-bond donors (Lipinski definition) is 2. The number of hydrogen-bond acceptors (Lipinski definition) is 5. The Hall–Kier alpha value is -5.04. The third kappa shape index (κ3) is 5.97. The van der Waals surface area contributed by atoms with Gasteiger partial charge in [-0.1, -0.05) is 36.4 Å². The summed E-state index contributed by atoms with van der Waals surface area (Å²) in [5.74, 6) is -0.407. The fourth-order valence-electron chi connectivity index (χ4n) is 6.25. The second-order valence-electron chi connectivity index (χ2n) is 11.3. The molecule has 1 saturated carbocycles. The highest BCUT2D eigenvalue weighted by Crippen LogP contribution is 2.34. The van der Waals surface area contributed by atoms with Gasteiger partial charge in [0, 0.05) is 29.9 Å². The van der Waals surface area contributed by atoms with Crippen LogP contribution in [0, 0.1) is 29.0 Å². The van der Waals surface area contributed by atoms with E-state index >= 15 is 4.39 Å². The second kappa shape index (κ2) is 12.1. The smallest absolute Gasteiger partial charge is 0.321 e. The van der Waals surface area contributed by atoms with Crippen LogP contribution in [-0.2, 0) is 9.59 Å². The summed E-state index contributed by atoms with van der Waals surface area (Å²) in [5, 5.41) is 14.4. The van der Waals surface area contributed by atoms with Gasteiger partial charge in [0.05, 0.1) is 23.0 Å². The van der Waals surface area contributed by atoms with E-state index in [0.29, 0.717) is 47.4 Å². The molecule has 3 aromatic carbocycles. The number of fused-ring (bicyclic) bond motifs is 5. The molecule has 3 fully saturated rings. The highest BCUT2D eigenvalue weighted by molar-refractivity contribution is 6.21. The van der Waals surface area contributed by atoms with Gasteiger partial charge in [0.15, 0.2) is 0 Å². The van der Waals surface area contributed by atoms with Crippen LogP contribution in [0.2, 0.25) is 0 Å². The number of para-hydroxylation sites is 1. The number of nitriles is 1. The number of nitrogens with one attached hydrogen (secondary N) is 2. The Balaban J connectivity index is 1.35. The number of carbonyl (C=O) groups excluding carboxylic acids is 3. The highest BCUT2D eigenvalue weighted by atomic mass is 19.1. The maximum atomic E-state index is 15.1. The molecular formula is C33H31FN6O3. The zero-order chi connectivity index (χ0) is 29.9. The van der Waals surface area contributed by atoms with Crippen LogP contribution in [0.1, 0.15) is 42.4 Å². The molecule has 1 atom stereocenters. The maximum absolute atomic E-state index is 15.1. The molecule has 4 amide bonds. The van der Waals surface area contributed by atoms with E-state index in [-0.39, 0.29) is 23.7 Å². The Kier molecular flexibility index (Phi) is 7.88. The first-order valence-corrected chi connectivity index (χ1v) is 14.5. The van der Waals surface area contributed by atoms with Crippen LogP contribution in [-0.4, -0.2) is 54.3 Å². The number of anilines is 2. The van der Waals surface area contributed by atoms with E-state index in [1.807, 2.05) is 11.0 Å². The fraction of sp³-hybridized carbons (Fsp3) is 0.303. The van der Waals surface area contributed by atoms with E-state index in [9.17, 15) is 19.6 Å². The molecule has 3 heterocycles. The van der Waals surface area contributed by atoms with Gasteiger partial charge >= 0.3 is 6.03 Å². The lowest BCUT2D eigenvalue weighted by Gasteiger charge is -2.29. The molecule has 0 aromatic heterocycles. The Morgan fingerprint density at radius 1 is 0.930 bits per heavy atom. The van der Waals surface area contributed by atoms with Gasteiger partial charge in [-0.15, -0.1) is 0 Å². The van der Waals surface area contributed by atoms with Crippen LogP contribution in [0.15, 0.2) is 77.8 Å². The zero-order valence-corrected chi connectivity index (χ0v) is 23.5. The van der Waals surface area contributed by atoms with Crippen molar-refractivity contribution in [2.24, 2.45) is 16.8 Å². The van der Waals surface area contributed by atoms with Crippen molar-refractivity contribution in [3.8, 4) is 6.07 Å². The van der Waals surface area contributed by atoms with Crippen molar-refractivity contribution in [3.63, 3.8) is 0 Å². The molecule has 0 radical (unpaired) electrons. The fourth-order valence-corrected chi connectivity index (χ4v) is 6.25. The van der Waals surface area contributed by atoms with Crippen molar-refractivity contribution < 1.29 is 18.8 Å². The van der Waals surface area contributed by atoms with Crippen LogP contribution in [0.5, 0.6) is 0 Å².